The number of hydrogen-bond acceptors (Lipinski definition) is 5. The highest BCUT2D eigenvalue weighted by Crippen LogP contribution is 2.38. The van der Waals surface area contributed by atoms with Gasteiger partial charge in [-0.1, -0.05) is 6.08 Å². The maximum atomic E-state index is 5.30. The van der Waals surface area contributed by atoms with Crippen molar-refractivity contribution in [3.8, 4) is 17.2 Å². The summed E-state index contributed by atoms with van der Waals surface area (Å²) < 4.78 is 15.8. The number of rotatable bonds is 6. The lowest BCUT2D eigenvalue weighted by molar-refractivity contribution is 0.324. The quantitative estimate of drug-likeness (QED) is 0.475. The number of methoxy groups -OCH3 is 3. The molecule has 0 aromatic heterocycles. The van der Waals surface area contributed by atoms with Crippen molar-refractivity contribution in [2.75, 3.05) is 21.3 Å². The summed E-state index contributed by atoms with van der Waals surface area (Å²) in [5.41, 5.74) is 9.42. The molecule has 0 saturated heterocycles. The molecule has 0 fully saturated rings. The third-order valence-corrected chi connectivity index (χ3v) is 2.64. The van der Waals surface area contributed by atoms with Gasteiger partial charge >= 0.3 is 0 Å². The van der Waals surface area contributed by atoms with E-state index >= 15 is 0 Å². The highest BCUT2D eigenvalue weighted by molar-refractivity contribution is 7.80. The van der Waals surface area contributed by atoms with Gasteiger partial charge in [0.2, 0.25) is 5.75 Å². The molecule has 7 heteroatoms. The summed E-state index contributed by atoms with van der Waals surface area (Å²) in [6.07, 6.45) is 3.68. The molecule has 0 atom stereocenters. The van der Waals surface area contributed by atoms with Gasteiger partial charge in [0.25, 0.3) is 0 Å². The van der Waals surface area contributed by atoms with E-state index in [-0.39, 0.29) is 5.11 Å². The van der Waals surface area contributed by atoms with Crippen LogP contribution in [0.2, 0.25) is 0 Å². The average molecular weight is 309 g/mol. The molecule has 0 radical (unpaired) electrons. The van der Waals surface area contributed by atoms with Crippen LogP contribution < -0.4 is 25.4 Å². The van der Waals surface area contributed by atoms with Crippen molar-refractivity contribution in [1.29, 1.82) is 0 Å². The lowest BCUT2D eigenvalue weighted by Crippen LogP contribution is -2.24. The first-order valence-electron chi connectivity index (χ1n) is 6.09. The molecule has 0 spiro atoms. The van der Waals surface area contributed by atoms with Gasteiger partial charge in [-0.05, 0) is 42.9 Å². The van der Waals surface area contributed by atoms with E-state index in [9.17, 15) is 0 Å². The van der Waals surface area contributed by atoms with Crippen molar-refractivity contribution in [1.82, 2.24) is 5.43 Å². The maximum Gasteiger partial charge on any atom is 0.203 e. The molecule has 21 heavy (non-hydrogen) atoms. The van der Waals surface area contributed by atoms with Gasteiger partial charge < -0.3 is 19.9 Å². The Hall–Kier alpha value is -2.28. The molecule has 1 rings (SSSR count). The molecule has 1 aromatic rings. The molecule has 0 aliphatic carbocycles. The number of allylic oxidation sites excluding steroid dienone is 1. The zero-order valence-electron chi connectivity index (χ0n) is 12.5. The highest BCUT2D eigenvalue weighted by Gasteiger charge is 2.11. The van der Waals surface area contributed by atoms with Crippen LogP contribution in [0, 0.1) is 0 Å². The lowest BCUT2D eigenvalue weighted by atomic mass is 10.1. The number of nitrogens with two attached hydrogens (primary N) is 1. The molecule has 1 aromatic carbocycles. The second kappa shape index (κ2) is 8.11. The molecule has 0 aliphatic rings. The molecular weight excluding hydrogens is 290 g/mol. The SMILES string of the molecule is COc1cc(/C=C/C(C)=N/NC(N)=S)cc(OC)c1OC. The summed E-state index contributed by atoms with van der Waals surface area (Å²) in [4.78, 5) is 0. The van der Waals surface area contributed by atoms with E-state index in [4.69, 9.17) is 19.9 Å². The minimum absolute atomic E-state index is 0.121. The molecule has 0 saturated carbocycles. The monoisotopic (exact) mass is 309 g/mol. The van der Waals surface area contributed by atoms with Crippen molar-refractivity contribution < 1.29 is 14.2 Å². The number of ether oxygens (including phenoxy) is 3. The van der Waals surface area contributed by atoms with Gasteiger partial charge in [-0.3, -0.25) is 5.43 Å². The average Bonchev–Trinajstić information content (AvgIpc) is 2.49. The van der Waals surface area contributed by atoms with Crippen molar-refractivity contribution in [2.45, 2.75) is 6.92 Å². The van der Waals surface area contributed by atoms with Crippen LogP contribution in [0.25, 0.3) is 6.08 Å². The van der Waals surface area contributed by atoms with Crippen LogP contribution in [-0.4, -0.2) is 32.2 Å². The third-order valence-electron chi connectivity index (χ3n) is 2.55. The highest BCUT2D eigenvalue weighted by atomic mass is 32.1. The topological polar surface area (TPSA) is 78.1 Å². The first kappa shape index (κ1) is 16.8. The van der Waals surface area contributed by atoms with Crippen LogP contribution in [-0.2, 0) is 0 Å². The van der Waals surface area contributed by atoms with Crippen LogP contribution in [0.3, 0.4) is 0 Å². The summed E-state index contributed by atoms with van der Waals surface area (Å²) in [5.74, 6) is 1.73. The fraction of sp³-hybridized carbons (Fsp3) is 0.286. The predicted molar refractivity (Wildman–Crippen MR) is 88.2 cm³/mol. The van der Waals surface area contributed by atoms with E-state index in [1.54, 1.807) is 21.3 Å². The number of nitrogens with zero attached hydrogens (tertiary/aromatic N) is 1. The fourth-order valence-electron chi connectivity index (χ4n) is 1.59. The lowest BCUT2D eigenvalue weighted by Gasteiger charge is -2.12. The second-order valence-electron chi connectivity index (χ2n) is 4.02. The number of hydrazone groups is 1. The van der Waals surface area contributed by atoms with E-state index in [1.807, 2.05) is 31.2 Å². The minimum Gasteiger partial charge on any atom is -0.493 e. The Bertz CT molecular complexity index is 546. The van der Waals surface area contributed by atoms with Gasteiger partial charge in [0.05, 0.1) is 27.0 Å². The van der Waals surface area contributed by atoms with Gasteiger partial charge in [0.15, 0.2) is 16.6 Å². The van der Waals surface area contributed by atoms with Crippen molar-refractivity contribution in [2.24, 2.45) is 10.8 Å². The molecule has 0 amide bonds. The molecule has 0 unspecified atom stereocenters. The Labute approximate surface area is 129 Å². The standard InChI is InChI=1S/C14H19N3O3S/c1-9(16-17-14(15)21)5-6-10-7-11(18-2)13(20-4)12(8-10)19-3/h5-8H,1-4H3,(H3,15,17,21)/b6-5+,16-9+. The van der Waals surface area contributed by atoms with E-state index < -0.39 is 0 Å². The summed E-state index contributed by atoms with van der Waals surface area (Å²) >= 11 is 4.67. The molecule has 3 N–H and O–H groups in total. The van der Waals surface area contributed by atoms with E-state index in [0.717, 1.165) is 11.3 Å². The number of benzene rings is 1. The molecule has 114 valence electrons. The van der Waals surface area contributed by atoms with Gasteiger partial charge in [0.1, 0.15) is 0 Å². The molecule has 0 heterocycles. The van der Waals surface area contributed by atoms with Gasteiger partial charge in [-0.15, -0.1) is 0 Å². The number of thiocarbonyl (C=S) groups is 1. The van der Waals surface area contributed by atoms with Crippen LogP contribution in [0.5, 0.6) is 17.2 Å². The Kier molecular flexibility index (Phi) is 6.48. The Morgan fingerprint density at radius 1 is 1.19 bits per heavy atom. The molecule has 0 bridgehead atoms. The normalized spacial score (nSPS) is 11.3. The van der Waals surface area contributed by atoms with E-state index in [2.05, 4.69) is 22.7 Å². The summed E-state index contributed by atoms with van der Waals surface area (Å²) in [5, 5.41) is 4.10. The zero-order chi connectivity index (χ0) is 15.8. The largest absolute Gasteiger partial charge is 0.493 e. The van der Waals surface area contributed by atoms with Crippen molar-refractivity contribution >= 4 is 29.1 Å². The Morgan fingerprint density at radius 3 is 2.19 bits per heavy atom. The summed E-state index contributed by atoms with van der Waals surface area (Å²) in [7, 11) is 4.71. The number of nitrogens with one attached hydrogen (secondary N) is 1. The van der Waals surface area contributed by atoms with Gasteiger partial charge in [0, 0.05) is 0 Å². The van der Waals surface area contributed by atoms with Crippen LogP contribution in [0.1, 0.15) is 12.5 Å². The van der Waals surface area contributed by atoms with Crippen LogP contribution >= 0.6 is 12.2 Å². The fourth-order valence-corrected chi connectivity index (χ4v) is 1.64. The Morgan fingerprint density at radius 2 is 1.76 bits per heavy atom. The van der Waals surface area contributed by atoms with Gasteiger partial charge in [-0.25, -0.2) is 0 Å². The zero-order valence-corrected chi connectivity index (χ0v) is 13.3. The van der Waals surface area contributed by atoms with Gasteiger partial charge in [-0.2, -0.15) is 5.10 Å². The van der Waals surface area contributed by atoms with Crippen molar-refractivity contribution in [3.63, 3.8) is 0 Å². The smallest absolute Gasteiger partial charge is 0.203 e. The Balaban J connectivity index is 3.03. The first-order valence-corrected chi connectivity index (χ1v) is 6.50. The summed E-state index contributed by atoms with van der Waals surface area (Å²) in [6.45, 7) is 1.82. The van der Waals surface area contributed by atoms with Crippen LogP contribution in [0.15, 0.2) is 23.3 Å². The van der Waals surface area contributed by atoms with Crippen molar-refractivity contribution in [3.05, 3.63) is 23.8 Å². The first-order chi connectivity index (χ1) is 10.0. The predicted octanol–water partition coefficient (Wildman–Crippen LogP) is 1.93. The number of hydrogen-bond donors (Lipinski definition) is 2. The minimum atomic E-state index is 0.121. The molecular formula is C14H19N3O3S. The van der Waals surface area contributed by atoms with E-state index in [0.29, 0.717) is 17.2 Å². The molecule has 6 nitrogen and oxygen atoms in total. The summed E-state index contributed by atoms with van der Waals surface area (Å²) in [6, 6.07) is 3.68. The van der Waals surface area contributed by atoms with E-state index in [1.165, 1.54) is 0 Å². The third kappa shape index (κ3) is 4.96. The maximum absolute atomic E-state index is 5.30. The second-order valence-corrected chi connectivity index (χ2v) is 4.46. The van der Waals surface area contributed by atoms with Crippen LogP contribution in [0.4, 0.5) is 0 Å². The molecule has 0 aliphatic heterocycles.